The molecule has 0 radical (unpaired) electrons. The van der Waals surface area contributed by atoms with Crippen LogP contribution in [0.25, 0.3) is 0 Å². The molecule has 0 fully saturated rings. The van der Waals surface area contributed by atoms with Crippen molar-refractivity contribution < 1.29 is 9.90 Å². The third-order valence-electron chi connectivity index (χ3n) is 1.41. The van der Waals surface area contributed by atoms with E-state index in [9.17, 15) is 9.90 Å². The fraction of sp³-hybridized carbons (Fsp3) is 0.125. The Hall–Kier alpha value is -1.02. The first-order chi connectivity index (χ1) is 5.13. The fourth-order valence-electron chi connectivity index (χ4n) is 0.805. The zero-order chi connectivity index (χ0) is 8.43. The average Bonchev–Trinajstić information content (AvgIpc) is 1.94. The summed E-state index contributed by atoms with van der Waals surface area (Å²) in [7, 11) is 0. The Morgan fingerprint density at radius 3 is 2.64 bits per heavy atom. The molecule has 0 spiro atoms. The van der Waals surface area contributed by atoms with Gasteiger partial charge in [0.25, 0.3) is 0 Å². The Morgan fingerprint density at radius 2 is 2.18 bits per heavy atom. The van der Waals surface area contributed by atoms with Crippen LogP contribution in [-0.2, 0) is 0 Å². The first kappa shape index (κ1) is 8.08. The number of benzene rings is 1. The van der Waals surface area contributed by atoms with Crippen LogP contribution in [0.1, 0.15) is 15.9 Å². The molecular weight excluding hydrogens is 164 g/mol. The molecule has 0 unspecified atom stereocenters. The third-order valence-corrected chi connectivity index (χ3v) is 1.91. The zero-order valence-electron chi connectivity index (χ0n) is 5.93. The van der Waals surface area contributed by atoms with E-state index in [-0.39, 0.29) is 10.6 Å². The second-order valence-electron chi connectivity index (χ2n) is 2.22. The molecule has 0 heterocycles. The van der Waals surface area contributed by atoms with Crippen LogP contribution in [0.2, 0.25) is 5.02 Å². The van der Waals surface area contributed by atoms with E-state index < -0.39 is 5.97 Å². The van der Waals surface area contributed by atoms with E-state index in [0.29, 0.717) is 0 Å². The number of halogens is 1. The van der Waals surface area contributed by atoms with Crippen LogP contribution in [0, 0.1) is 6.92 Å². The first-order valence-electron chi connectivity index (χ1n) is 3.09. The molecule has 11 heavy (non-hydrogen) atoms. The predicted molar refractivity (Wildman–Crippen MR) is 40.5 cm³/mol. The fourth-order valence-corrected chi connectivity index (χ4v) is 1.01. The van der Waals surface area contributed by atoms with Gasteiger partial charge in [0.05, 0.1) is 11.0 Å². The van der Waals surface area contributed by atoms with E-state index in [2.05, 4.69) is 0 Å². The second kappa shape index (κ2) is 2.93. The van der Waals surface area contributed by atoms with Crippen LogP contribution >= 0.6 is 11.6 Å². The number of carbonyl (C=O) groups is 1. The van der Waals surface area contributed by atoms with Gasteiger partial charge < -0.3 is 9.90 Å². The number of carboxylic acids is 1. The molecule has 0 amide bonds. The minimum Gasteiger partial charge on any atom is -0.545 e. The maximum Gasteiger partial charge on any atom is 0.0730 e. The lowest BCUT2D eigenvalue weighted by molar-refractivity contribution is -0.255. The van der Waals surface area contributed by atoms with Crippen LogP contribution in [0.5, 0.6) is 0 Å². The molecule has 0 N–H and O–H groups in total. The van der Waals surface area contributed by atoms with Gasteiger partial charge in [-0.2, -0.15) is 0 Å². The van der Waals surface area contributed by atoms with Gasteiger partial charge in [0.1, 0.15) is 0 Å². The molecule has 0 saturated carbocycles. The normalized spacial score (nSPS) is 9.64. The van der Waals surface area contributed by atoms with Crippen molar-refractivity contribution in [3.8, 4) is 0 Å². The molecule has 1 rings (SSSR count). The summed E-state index contributed by atoms with van der Waals surface area (Å²) in [4.78, 5) is 10.4. The van der Waals surface area contributed by atoms with Crippen LogP contribution in [0.4, 0.5) is 0 Å². The van der Waals surface area contributed by atoms with Crippen molar-refractivity contribution in [2.75, 3.05) is 0 Å². The van der Waals surface area contributed by atoms with E-state index in [4.69, 9.17) is 11.6 Å². The smallest absolute Gasteiger partial charge is 0.0730 e. The molecule has 0 aliphatic heterocycles. The van der Waals surface area contributed by atoms with E-state index in [0.717, 1.165) is 5.56 Å². The number of carbonyl (C=O) groups excluding carboxylic acids is 1. The van der Waals surface area contributed by atoms with Gasteiger partial charge in [-0.3, -0.25) is 0 Å². The number of aryl methyl sites for hydroxylation is 1. The Kier molecular flexibility index (Phi) is 2.15. The summed E-state index contributed by atoms with van der Waals surface area (Å²) >= 11 is 5.67. The summed E-state index contributed by atoms with van der Waals surface area (Å²) in [5.74, 6) is -1.24. The molecule has 58 valence electrons. The number of hydrogen-bond acceptors (Lipinski definition) is 2. The average molecular weight is 170 g/mol. The second-order valence-corrected chi connectivity index (χ2v) is 2.60. The molecule has 3 heteroatoms. The highest BCUT2D eigenvalue weighted by atomic mass is 35.5. The monoisotopic (exact) mass is 169 g/mol. The van der Waals surface area contributed by atoms with Gasteiger partial charge in [0.15, 0.2) is 0 Å². The van der Waals surface area contributed by atoms with Crippen molar-refractivity contribution in [3.05, 3.63) is 34.3 Å². The molecular formula is C8H6ClO2-. The number of aromatic carboxylic acids is 1. The van der Waals surface area contributed by atoms with Gasteiger partial charge in [-0.1, -0.05) is 29.8 Å². The summed E-state index contributed by atoms with van der Waals surface area (Å²) in [6, 6.07) is 4.80. The summed E-state index contributed by atoms with van der Waals surface area (Å²) in [6.45, 7) is 1.74. The van der Waals surface area contributed by atoms with Gasteiger partial charge in [-0.15, -0.1) is 0 Å². The standard InChI is InChI=1S/C8H7ClO2/c1-5-3-2-4-6(7(5)9)8(10)11/h2-4H,1H3,(H,10,11)/p-1. The maximum absolute atomic E-state index is 10.4. The highest BCUT2D eigenvalue weighted by Crippen LogP contribution is 2.18. The molecule has 0 atom stereocenters. The lowest BCUT2D eigenvalue weighted by atomic mass is 10.1. The van der Waals surface area contributed by atoms with Crippen molar-refractivity contribution >= 4 is 17.6 Å². The van der Waals surface area contributed by atoms with Crippen molar-refractivity contribution in [1.82, 2.24) is 0 Å². The SMILES string of the molecule is Cc1cccc(C(=O)[O-])c1Cl. The third kappa shape index (κ3) is 1.52. The highest BCUT2D eigenvalue weighted by molar-refractivity contribution is 6.34. The van der Waals surface area contributed by atoms with E-state index in [1.807, 2.05) is 0 Å². The maximum atomic E-state index is 10.4. The van der Waals surface area contributed by atoms with Crippen molar-refractivity contribution in [2.45, 2.75) is 6.92 Å². The van der Waals surface area contributed by atoms with E-state index >= 15 is 0 Å². The van der Waals surface area contributed by atoms with E-state index in [1.54, 1.807) is 19.1 Å². The molecule has 0 aromatic heterocycles. The molecule has 0 aliphatic rings. The van der Waals surface area contributed by atoms with Crippen molar-refractivity contribution in [1.29, 1.82) is 0 Å². The minimum absolute atomic E-state index is 0.0478. The summed E-state index contributed by atoms with van der Waals surface area (Å²) < 4.78 is 0. The Morgan fingerprint density at radius 1 is 1.55 bits per heavy atom. The van der Waals surface area contributed by atoms with Crippen LogP contribution < -0.4 is 5.11 Å². The lowest BCUT2D eigenvalue weighted by Crippen LogP contribution is -2.22. The van der Waals surface area contributed by atoms with Crippen LogP contribution in [0.15, 0.2) is 18.2 Å². The Labute approximate surface area is 69.4 Å². The highest BCUT2D eigenvalue weighted by Gasteiger charge is 2.01. The van der Waals surface area contributed by atoms with Crippen LogP contribution in [0.3, 0.4) is 0 Å². The van der Waals surface area contributed by atoms with Gasteiger partial charge in [0.2, 0.25) is 0 Å². The predicted octanol–water partition coefficient (Wildman–Crippen LogP) is 1.01. The van der Waals surface area contributed by atoms with Gasteiger partial charge in [0, 0.05) is 5.56 Å². The molecule has 0 saturated heterocycles. The molecule has 0 bridgehead atoms. The van der Waals surface area contributed by atoms with Crippen molar-refractivity contribution in [2.24, 2.45) is 0 Å². The summed E-state index contributed by atoms with van der Waals surface area (Å²) in [5.41, 5.74) is 0.792. The Bertz CT molecular complexity index is 294. The molecule has 1 aromatic carbocycles. The van der Waals surface area contributed by atoms with Gasteiger partial charge in [-0.25, -0.2) is 0 Å². The Balaban J connectivity index is 3.27. The molecule has 0 aliphatic carbocycles. The number of hydrogen-bond donors (Lipinski definition) is 0. The molecule has 2 nitrogen and oxygen atoms in total. The number of rotatable bonds is 1. The summed E-state index contributed by atoms with van der Waals surface area (Å²) in [5, 5.41) is 10.6. The van der Waals surface area contributed by atoms with Crippen LogP contribution in [-0.4, -0.2) is 5.97 Å². The quantitative estimate of drug-likeness (QED) is 0.630. The van der Waals surface area contributed by atoms with Gasteiger partial charge >= 0.3 is 0 Å². The lowest BCUT2D eigenvalue weighted by Gasteiger charge is -2.05. The zero-order valence-corrected chi connectivity index (χ0v) is 6.68. The summed E-state index contributed by atoms with van der Waals surface area (Å²) in [6.07, 6.45) is 0. The first-order valence-corrected chi connectivity index (χ1v) is 3.47. The van der Waals surface area contributed by atoms with E-state index in [1.165, 1.54) is 6.07 Å². The molecule has 1 aromatic rings. The number of carboxylic acid groups (broad SMARTS) is 1. The van der Waals surface area contributed by atoms with Crippen molar-refractivity contribution in [3.63, 3.8) is 0 Å². The minimum atomic E-state index is -1.24. The van der Waals surface area contributed by atoms with Gasteiger partial charge in [-0.05, 0) is 12.5 Å². The topological polar surface area (TPSA) is 40.1 Å². The largest absolute Gasteiger partial charge is 0.545 e.